The van der Waals surface area contributed by atoms with Crippen LogP contribution in [0.3, 0.4) is 0 Å². The molecule has 1 aromatic carbocycles. The van der Waals surface area contributed by atoms with Gasteiger partial charge in [-0.25, -0.2) is 9.38 Å². The highest BCUT2D eigenvalue weighted by Crippen LogP contribution is 2.30. The van der Waals surface area contributed by atoms with Crippen LogP contribution in [-0.2, 0) is 17.8 Å². The third kappa shape index (κ3) is 4.28. The second-order valence-electron chi connectivity index (χ2n) is 5.00. The third-order valence-electron chi connectivity index (χ3n) is 3.62. The summed E-state index contributed by atoms with van der Waals surface area (Å²) in [4.78, 5) is 9.31. The van der Waals surface area contributed by atoms with E-state index in [1.54, 1.807) is 13.1 Å². The van der Waals surface area contributed by atoms with E-state index in [0.717, 1.165) is 5.56 Å². The van der Waals surface area contributed by atoms with Crippen LogP contribution in [0.5, 0.6) is 5.75 Å². The Morgan fingerprint density at radius 3 is 3.04 bits per heavy atom. The first-order valence-electron chi connectivity index (χ1n) is 7.63. The minimum Gasteiger partial charge on any atom is -0.493 e. The van der Waals surface area contributed by atoms with Crippen molar-refractivity contribution in [2.24, 2.45) is 4.99 Å². The molecule has 0 aliphatic carbocycles. The predicted molar refractivity (Wildman–Crippen MR) is 91.7 cm³/mol. The minimum atomic E-state index is -0.317. The van der Waals surface area contributed by atoms with Gasteiger partial charge in [-0.2, -0.15) is 10.3 Å². The van der Waals surface area contributed by atoms with E-state index in [-0.39, 0.29) is 24.0 Å². The first-order valence-corrected chi connectivity index (χ1v) is 7.63. The van der Waals surface area contributed by atoms with Crippen LogP contribution in [0.2, 0.25) is 0 Å². The summed E-state index contributed by atoms with van der Waals surface area (Å²) in [6.07, 6.45) is 3.40. The maximum Gasteiger partial charge on any atom is 0.227 e. The predicted octanol–water partition coefficient (Wildman–Crippen LogP) is 1.80. The number of halogens is 1. The van der Waals surface area contributed by atoms with Crippen LogP contribution in [0.4, 0.5) is 4.39 Å². The summed E-state index contributed by atoms with van der Waals surface area (Å²) in [7, 11) is 3.04. The minimum absolute atomic E-state index is 0.181. The van der Waals surface area contributed by atoms with Gasteiger partial charge in [-0.05, 0) is 12.1 Å². The molecule has 1 aliphatic heterocycles. The summed E-state index contributed by atoms with van der Waals surface area (Å²) in [6, 6.07) is 4.99. The van der Waals surface area contributed by atoms with Crippen LogP contribution in [-0.4, -0.2) is 31.8 Å². The fourth-order valence-electron chi connectivity index (χ4n) is 2.41. The lowest BCUT2D eigenvalue weighted by Gasteiger charge is -2.21. The zero-order valence-corrected chi connectivity index (χ0v) is 14.2. The number of nitriles is 1. The van der Waals surface area contributed by atoms with Gasteiger partial charge in [-0.15, -0.1) is 0 Å². The van der Waals surface area contributed by atoms with Crippen LogP contribution >= 0.6 is 0 Å². The van der Waals surface area contributed by atoms with Gasteiger partial charge in [-0.1, -0.05) is 6.58 Å². The van der Waals surface area contributed by atoms with Gasteiger partial charge in [0.1, 0.15) is 23.3 Å². The average Bonchev–Trinajstić information content (AvgIpc) is 3.10. The number of nitrogens with one attached hydrogen (secondary N) is 2. The van der Waals surface area contributed by atoms with Gasteiger partial charge in [0.05, 0.1) is 19.9 Å². The van der Waals surface area contributed by atoms with Crippen LogP contribution in [0, 0.1) is 17.1 Å². The van der Waals surface area contributed by atoms with E-state index in [9.17, 15) is 4.39 Å². The van der Waals surface area contributed by atoms with Crippen molar-refractivity contribution in [3.63, 3.8) is 0 Å². The van der Waals surface area contributed by atoms with Gasteiger partial charge in [0, 0.05) is 37.3 Å². The van der Waals surface area contributed by atoms with Gasteiger partial charge >= 0.3 is 0 Å². The highest BCUT2D eigenvalue weighted by atomic mass is 19.1. The molecule has 0 atom stereocenters. The second kappa shape index (κ2) is 8.70. The second-order valence-corrected chi connectivity index (χ2v) is 5.00. The Morgan fingerprint density at radius 2 is 2.40 bits per heavy atom. The van der Waals surface area contributed by atoms with Crippen molar-refractivity contribution in [3.05, 3.63) is 53.8 Å². The van der Waals surface area contributed by atoms with Crippen LogP contribution in [0.1, 0.15) is 11.1 Å². The van der Waals surface area contributed by atoms with Crippen molar-refractivity contribution < 1.29 is 14.0 Å². The van der Waals surface area contributed by atoms with E-state index >= 15 is 0 Å². The SMILES string of the molecule is C=C/N=C(/NCc1c(F)ccc2c1CCO2)N(/C=C(/C#N)NC)OC. The molecule has 0 aromatic heterocycles. The van der Waals surface area contributed by atoms with Crippen molar-refractivity contribution in [1.82, 2.24) is 15.7 Å². The van der Waals surface area contributed by atoms with Gasteiger partial charge in [0.15, 0.2) is 0 Å². The Kier molecular flexibility index (Phi) is 6.37. The smallest absolute Gasteiger partial charge is 0.227 e. The topological polar surface area (TPSA) is 81.9 Å². The quantitative estimate of drug-likeness (QED) is 0.354. The summed E-state index contributed by atoms with van der Waals surface area (Å²) < 4.78 is 19.7. The number of nitrogens with zero attached hydrogens (tertiary/aromatic N) is 3. The first kappa shape index (κ1) is 18.3. The number of benzene rings is 1. The lowest BCUT2D eigenvalue weighted by Crippen LogP contribution is -2.38. The fraction of sp³-hybridized carbons (Fsp3) is 0.294. The molecule has 0 spiro atoms. The molecule has 0 fully saturated rings. The molecule has 1 heterocycles. The number of fused-ring (bicyclic) bond motifs is 1. The molecule has 0 radical (unpaired) electrons. The van der Waals surface area contributed by atoms with Gasteiger partial charge in [-0.3, -0.25) is 4.84 Å². The van der Waals surface area contributed by atoms with Crippen molar-refractivity contribution in [2.75, 3.05) is 20.8 Å². The molecule has 132 valence electrons. The van der Waals surface area contributed by atoms with Crippen LogP contribution in [0.15, 0.2) is 41.8 Å². The number of rotatable bonds is 6. The number of aliphatic imine (C=N–C) groups is 1. The number of ether oxygens (including phenoxy) is 1. The Labute approximate surface area is 146 Å². The molecule has 0 unspecified atom stereocenters. The largest absolute Gasteiger partial charge is 0.493 e. The molecule has 0 bridgehead atoms. The van der Waals surface area contributed by atoms with Gasteiger partial charge in [0.25, 0.3) is 0 Å². The summed E-state index contributed by atoms with van der Waals surface area (Å²) in [6.45, 7) is 4.28. The third-order valence-corrected chi connectivity index (χ3v) is 3.62. The molecule has 1 aromatic rings. The molecule has 8 heteroatoms. The number of hydrogen-bond donors (Lipinski definition) is 2. The highest BCUT2D eigenvalue weighted by Gasteiger charge is 2.20. The molecule has 2 N–H and O–H groups in total. The molecule has 0 amide bonds. The highest BCUT2D eigenvalue weighted by molar-refractivity contribution is 5.80. The lowest BCUT2D eigenvalue weighted by atomic mass is 10.0. The van der Waals surface area contributed by atoms with Gasteiger partial charge in [0.2, 0.25) is 5.96 Å². The van der Waals surface area contributed by atoms with Crippen LogP contribution < -0.4 is 15.4 Å². The Morgan fingerprint density at radius 1 is 1.60 bits per heavy atom. The molecule has 2 rings (SSSR count). The summed E-state index contributed by atoms with van der Waals surface area (Å²) in [5.41, 5.74) is 1.62. The Balaban J connectivity index is 2.22. The molecular formula is C17H20FN5O2. The lowest BCUT2D eigenvalue weighted by molar-refractivity contribution is -0.0256. The first-order chi connectivity index (χ1) is 12.1. The van der Waals surface area contributed by atoms with E-state index in [2.05, 4.69) is 22.2 Å². The molecular weight excluding hydrogens is 325 g/mol. The molecule has 0 saturated carbocycles. The van der Waals surface area contributed by atoms with Crippen LogP contribution in [0.25, 0.3) is 0 Å². The van der Waals surface area contributed by atoms with Crippen molar-refractivity contribution in [1.29, 1.82) is 5.26 Å². The summed E-state index contributed by atoms with van der Waals surface area (Å²) in [5.74, 6) is 0.643. The van der Waals surface area contributed by atoms with E-state index in [4.69, 9.17) is 14.8 Å². The maximum atomic E-state index is 14.2. The van der Waals surface area contributed by atoms with Crippen molar-refractivity contribution >= 4 is 5.96 Å². The standard InChI is InChI=1S/C17H20FN5O2/c1-4-21-17(23(24-3)11-12(9-19)20-2)22-10-14-13-7-8-25-16(13)6-5-15(14)18/h4-6,11,20H,1,7-8,10H2,2-3H3,(H,21,22)/b12-11-. The Bertz CT molecular complexity index is 739. The summed E-state index contributed by atoms with van der Waals surface area (Å²) >= 11 is 0. The Hall–Kier alpha value is -3.05. The number of allylic oxidation sites excluding steroid dienone is 1. The molecule has 0 saturated heterocycles. The fourth-order valence-corrected chi connectivity index (χ4v) is 2.41. The normalized spacial score (nSPS) is 13.5. The van der Waals surface area contributed by atoms with E-state index < -0.39 is 0 Å². The number of hydroxylamine groups is 2. The molecule has 25 heavy (non-hydrogen) atoms. The van der Waals surface area contributed by atoms with Crippen molar-refractivity contribution in [3.8, 4) is 11.8 Å². The summed E-state index contributed by atoms with van der Waals surface area (Å²) in [5, 5.41) is 16.0. The molecule has 1 aliphatic rings. The zero-order chi connectivity index (χ0) is 18.2. The zero-order valence-electron chi connectivity index (χ0n) is 14.2. The average molecular weight is 345 g/mol. The number of guanidine groups is 1. The van der Waals surface area contributed by atoms with E-state index in [0.29, 0.717) is 24.3 Å². The van der Waals surface area contributed by atoms with E-state index in [1.165, 1.54) is 30.6 Å². The number of hydrogen-bond acceptors (Lipinski definition) is 5. The van der Waals surface area contributed by atoms with Crippen molar-refractivity contribution in [2.45, 2.75) is 13.0 Å². The van der Waals surface area contributed by atoms with Gasteiger partial charge < -0.3 is 15.4 Å². The molecule has 7 nitrogen and oxygen atoms in total. The monoisotopic (exact) mass is 345 g/mol. The maximum absolute atomic E-state index is 14.2. The van der Waals surface area contributed by atoms with E-state index in [1.807, 2.05) is 6.07 Å².